The highest BCUT2D eigenvalue weighted by atomic mass is 35.5. The van der Waals surface area contributed by atoms with Crippen LogP contribution in [0, 0.1) is 5.92 Å². The van der Waals surface area contributed by atoms with Crippen molar-refractivity contribution < 1.29 is 4.79 Å². The molecule has 0 spiro atoms. The molecule has 0 aliphatic heterocycles. The molecule has 9 heteroatoms. The molecule has 2 atom stereocenters. The van der Waals surface area contributed by atoms with Crippen LogP contribution in [0.1, 0.15) is 47.9 Å². The molecule has 4 heterocycles. The molecule has 3 N–H and O–H groups in total. The van der Waals surface area contributed by atoms with Gasteiger partial charge in [0.15, 0.2) is 0 Å². The van der Waals surface area contributed by atoms with E-state index in [1.54, 1.807) is 18.3 Å². The summed E-state index contributed by atoms with van der Waals surface area (Å²) in [4.78, 5) is 22.2. The monoisotopic (exact) mass is 497 g/mol. The van der Waals surface area contributed by atoms with Crippen molar-refractivity contribution in [3.8, 4) is 0 Å². The van der Waals surface area contributed by atoms with Gasteiger partial charge < -0.3 is 15.5 Å². The topological polar surface area (TPSA) is 103 Å². The van der Waals surface area contributed by atoms with Crippen LogP contribution >= 0.6 is 11.6 Å². The number of benzene rings is 1. The van der Waals surface area contributed by atoms with Crippen LogP contribution in [0.5, 0.6) is 0 Å². The maximum atomic E-state index is 13.0. The van der Waals surface area contributed by atoms with Gasteiger partial charge in [-0.2, -0.15) is 5.10 Å². The van der Waals surface area contributed by atoms with Gasteiger partial charge in [0, 0.05) is 41.4 Å². The van der Waals surface area contributed by atoms with E-state index < -0.39 is 0 Å². The zero-order chi connectivity index (χ0) is 24.4. The van der Waals surface area contributed by atoms with Crippen molar-refractivity contribution in [2.75, 3.05) is 11.1 Å². The second-order valence-electron chi connectivity index (χ2n) is 9.86. The second-order valence-corrected chi connectivity index (χ2v) is 10.3. The average Bonchev–Trinajstić information content (AvgIpc) is 3.78. The average molecular weight is 498 g/mol. The van der Waals surface area contributed by atoms with Gasteiger partial charge in [0.05, 0.1) is 23.1 Å². The summed E-state index contributed by atoms with van der Waals surface area (Å²) in [6.07, 6.45) is 11.1. The number of amides is 1. The van der Waals surface area contributed by atoms with Gasteiger partial charge in [0.25, 0.3) is 0 Å². The first-order valence-corrected chi connectivity index (χ1v) is 12.5. The lowest BCUT2D eigenvalue weighted by Crippen LogP contribution is -2.15. The Morgan fingerprint density at radius 3 is 2.89 bits per heavy atom. The number of nitrogens with two attached hydrogens (primary N) is 1. The fourth-order valence-corrected chi connectivity index (χ4v) is 5.22. The molecule has 1 aromatic carbocycles. The third kappa shape index (κ3) is 3.87. The number of nitrogens with one attached hydrogen (secondary N) is 1. The molecule has 2 fully saturated rings. The van der Waals surface area contributed by atoms with Gasteiger partial charge in [-0.3, -0.25) is 9.48 Å². The van der Waals surface area contributed by atoms with E-state index in [1.807, 2.05) is 23.0 Å². The summed E-state index contributed by atoms with van der Waals surface area (Å²) in [7, 11) is 0. The van der Waals surface area contributed by atoms with Crippen molar-refractivity contribution >= 4 is 45.6 Å². The number of hydrogen-bond acceptors (Lipinski definition) is 5. The molecular weight excluding hydrogens is 474 g/mol. The fourth-order valence-electron chi connectivity index (χ4n) is 5.04. The first-order valence-electron chi connectivity index (χ1n) is 12.2. The minimum absolute atomic E-state index is 0.0704. The SMILES string of the molecule is Nc1ccc(Cl)cc1[C@H]1C[C@@H]1C(=O)Nc1nccc2nn(Cc3cn4cc(C5CC5)ccc4n3)cc12. The highest BCUT2D eigenvalue weighted by Gasteiger charge is 2.45. The number of halogens is 1. The van der Waals surface area contributed by atoms with Crippen LogP contribution in [-0.4, -0.2) is 30.1 Å². The Morgan fingerprint density at radius 2 is 2.03 bits per heavy atom. The molecule has 2 aliphatic carbocycles. The smallest absolute Gasteiger partial charge is 0.229 e. The van der Waals surface area contributed by atoms with Crippen molar-refractivity contribution in [2.24, 2.45) is 5.92 Å². The van der Waals surface area contributed by atoms with Gasteiger partial charge >= 0.3 is 0 Å². The van der Waals surface area contributed by atoms with Crippen LogP contribution in [0.3, 0.4) is 0 Å². The highest BCUT2D eigenvalue weighted by molar-refractivity contribution is 6.30. The number of aromatic nitrogens is 5. The van der Waals surface area contributed by atoms with E-state index in [-0.39, 0.29) is 17.7 Å². The Kier molecular flexibility index (Phi) is 4.79. The van der Waals surface area contributed by atoms with Crippen molar-refractivity contribution in [3.63, 3.8) is 0 Å². The van der Waals surface area contributed by atoms with Crippen LogP contribution in [0.25, 0.3) is 16.6 Å². The van der Waals surface area contributed by atoms with Crippen LogP contribution in [0.15, 0.2) is 61.2 Å². The Morgan fingerprint density at radius 1 is 1.14 bits per heavy atom. The molecular formula is C27H24ClN7O. The van der Waals surface area contributed by atoms with Crippen LogP contribution in [-0.2, 0) is 11.3 Å². The minimum atomic E-state index is -0.156. The molecule has 2 aliphatic rings. The number of rotatable bonds is 6. The molecule has 8 nitrogen and oxygen atoms in total. The van der Waals surface area contributed by atoms with Gasteiger partial charge in [0.2, 0.25) is 5.91 Å². The number of carbonyl (C=O) groups excluding carboxylic acids is 1. The summed E-state index contributed by atoms with van der Waals surface area (Å²) in [6.45, 7) is 0.529. The molecule has 1 amide bonds. The highest BCUT2D eigenvalue weighted by Crippen LogP contribution is 2.50. The lowest BCUT2D eigenvalue weighted by molar-refractivity contribution is -0.117. The summed E-state index contributed by atoms with van der Waals surface area (Å²) < 4.78 is 3.94. The molecule has 36 heavy (non-hydrogen) atoms. The van der Waals surface area contributed by atoms with E-state index in [9.17, 15) is 4.79 Å². The Bertz CT molecular complexity index is 1650. The zero-order valence-corrected chi connectivity index (χ0v) is 20.2. The largest absolute Gasteiger partial charge is 0.398 e. The zero-order valence-electron chi connectivity index (χ0n) is 19.4. The number of pyridine rings is 2. The third-order valence-corrected chi connectivity index (χ3v) is 7.43. The van der Waals surface area contributed by atoms with Gasteiger partial charge in [-0.05, 0) is 72.6 Å². The predicted octanol–water partition coefficient (Wildman–Crippen LogP) is 4.98. The lowest BCUT2D eigenvalue weighted by atomic mass is 10.1. The first kappa shape index (κ1) is 21.4. The fraction of sp³-hybridized carbons (Fsp3) is 0.259. The number of nitrogens with zero attached hydrogens (tertiary/aromatic N) is 5. The summed E-state index contributed by atoms with van der Waals surface area (Å²) in [5.74, 6) is 1.06. The third-order valence-electron chi connectivity index (χ3n) is 7.20. The summed E-state index contributed by atoms with van der Waals surface area (Å²) in [5.41, 5.74) is 11.7. The van der Waals surface area contributed by atoms with E-state index >= 15 is 0 Å². The number of fused-ring (bicyclic) bond motifs is 2. The maximum absolute atomic E-state index is 13.0. The standard InChI is InChI=1S/C27H24ClN7O/c28-17-4-5-23(29)20(9-17)19-10-21(19)27(36)32-26-22-14-35(33-24(22)7-8-30-26)13-18-12-34-11-16(15-1-2-15)3-6-25(34)31-18/h3-9,11-12,14-15,19,21H,1-2,10,13,29H2,(H,30,32,36)/t19-,21+/m1/s1. The quantitative estimate of drug-likeness (QED) is 0.322. The van der Waals surface area contributed by atoms with Crippen LogP contribution < -0.4 is 11.1 Å². The number of hydrogen-bond donors (Lipinski definition) is 2. The molecule has 5 aromatic rings. The number of carbonyl (C=O) groups is 1. The van der Waals surface area contributed by atoms with Crippen molar-refractivity contribution in [1.29, 1.82) is 0 Å². The molecule has 0 unspecified atom stereocenters. The van der Waals surface area contributed by atoms with E-state index in [4.69, 9.17) is 27.4 Å². The molecule has 0 radical (unpaired) electrons. The van der Waals surface area contributed by atoms with Crippen LogP contribution in [0.4, 0.5) is 11.5 Å². The predicted molar refractivity (Wildman–Crippen MR) is 139 cm³/mol. The van der Waals surface area contributed by atoms with Crippen LogP contribution in [0.2, 0.25) is 5.02 Å². The summed E-state index contributed by atoms with van der Waals surface area (Å²) in [6, 6.07) is 11.5. The van der Waals surface area contributed by atoms with E-state index in [0.29, 0.717) is 29.0 Å². The Balaban J connectivity index is 1.10. The lowest BCUT2D eigenvalue weighted by Gasteiger charge is -2.07. The van der Waals surface area contributed by atoms with E-state index in [1.165, 1.54) is 18.4 Å². The van der Waals surface area contributed by atoms with Crippen molar-refractivity contribution in [3.05, 3.63) is 83.0 Å². The van der Waals surface area contributed by atoms with E-state index in [2.05, 4.69) is 39.2 Å². The Hall–Kier alpha value is -3.91. The van der Waals surface area contributed by atoms with Crippen molar-refractivity contribution in [2.45, 2.75) is 37.6 Å². The van der Waals surface area contributed by atoms with Gasteiger partial charge in [-0.1, -0.05) is 17.7 Å². The van der Waals surface area contributed by atoms with Gasteiger partial charge in [-0.15, -0.1) is 0 Å². The van der Waals surface area contributed by atoms with Crippen molar-refractivity contribution in [1.82, 2.24) is 24.1 Å². The number of nitrogen functional groups attached to an aromatic ring is 1. The molecule has 7 rings (SSSR count). The maximum Gasteiger partial charge on any atom is 0.229 e. The summed E-state index contributed by atoms with van der Waals surface area (Å²) in [5, 5.41) is 9.12. The van der Waals surface area contributed by atoms with E-state index in [0.717, 1.165) is 34.2 Å². The molecule has 2 saturated carbocycles. The molecule has 180 valence electrons. The Labute approximate surface area is 212 Å². The summed E-state index contributed by atoms with van der Waals surface area (Å²) >= 11 is 6.13. The molecule has 4 aromatic heterocycles. The minimum Gasteiger partial charge on any atom is -0.398 e. The first-order chi connectivity index (χ1) is 17.5. The normalized spacial score (nSPS) is 19.1. The number of imidazole rings is 1. The molecule has 0 bridgehead atoms. The van der Waals surface area contributed by atoms with Gasteiger partial charge in [-0.25, -0.2) is 9.97 Å². The second kappa shape index (κ2) is 8.06. The van der Waals surface area contributed by atoms with Gasteiger partial charge in [0.1, 0.15) is 11.5 Å². The number of anilines is 2. The molecule has 0 saturated heterocycles.